The van der Waals surface area contributed by atoms with Crippen molar-refractivity contribution in [3.05, 3.63) is 65.1 Å². The molecule has 2 aromatic carbocycles. The average molecular weight is 422 g/mol. The lowest BCUT2D eigenvalue weighted by atomic mass is 10.1. The molecule has 2 saturated heterocycles. The molecule has 160 valence electrons. The summed E-state index contributed by atoms with van der Waals surface area (Å²) in [4.78, 5) is 40.0. The van der Waals surface area contributed by atoms with Crippen molar-refractivity contribution in [3.63, 3.8) is 0 Å². The summed E-state index contributed by atoms with van der Waals surface area (Å²) in [5, 5.41) is 5.15. The summed E-state index contributed by atoms with van der Waals surface area (Å²) in [6.45, 7) is 3.08. The molecule has 4 amide bonds. The van der Waals surface area contributed by atoms with Crippen LogP contribution in [-0.2, 0) is 9.59 Å². The van der Waals surface area contributed by atoms with E-state index < -0.39 is 24.4 Å². The van der Waals surface area contributed by atoms with E-state index in [1.165, 1.54) is 12.1 Å². The van der Waals surface area contributed by atoms with Gasteiger partial charge in [0.25, 0.3) is 5.91 Å². The zero-order valence-electron chi connectivity index (χ0n) is 17.2. The first kappa shape index (κ1) is 20.6. The highest BCUT2D eigenvalue weighted by molar-refractivity contribution is 6.16. The Labute approximate surface area is 179 Å². The Balaban J connectivity index is 1.45. The molecule has 0 aromatic heterocycles. The van der Waals surface area contributed by atoms with E-state index >= 15 is 0 Å². The molecule has 2 N–H and O–H groups in total. The largest absolute Gasteiger partial charge is 0.369 e. The number of benzene rings is 2. The summed E-state index contributed by atoms with van der Waals surface area (Å²) < 4.78 is 14.5. The van der Waals surface area contributed by atoms with Crippen LogP contribution >= 0.6 is 0 Å². The Hall–Kier alpha value is -3.68. The molecule has 31 heavy (non-hydrogen) atoms. The zero-order chi connectivity index (χ0) is 22.0. The molecule has 0 aliphatic carbocycles. The van der Waals surface area contributed by atoms with Crippen molar-refractivity contribution in [2.45, 2.75) is 19.8 Å². The highest BCUT2D eigenvalue weighted by atomic mass is 19.1. The molecular weight excluding hydrogens is 399 g/mol. The summed E-state index contributed by atoms with van der Waals surface area (Å²) in [7, 11) is 0. The van der Waals surface area contributed by atoms with Gasteiger partial charge in [-0.3, -0.25) is 9.59 Å². The van der Waals surface area contributed by atoms with Crippen LogP contribution in [0.25, 0.3) is 6.08 Å². The van der Waals surface area contributed by atoms with E-state index in [0.717, 1.165) is 36.4 Å². The van der Waals surface area contributed by atoms with Crippen molar-refractivity contribution in [1.29, 1.82) is 0 Å². The van der Waals surface area contributed by atoms with E-state index in [1.54, 1.807) is 24.3 Å². The normalized spacial score (nSPS) is 17.4. The standard InChI is InChI=1S/C23H23FN4O3/c1-15-6-2-3-7-18(15)25-21(29)14-28-22(30)19(26-23(28)31)13-16-8-9-20(17(24)12-16)27-10-4-5-11-27/h2-3,6-9,12-13H,4-5,10-11,14H2,1H3,(H,25,29)(H,26,31)/b19-13+. The van der Waals surface area contributed by atoms with Crippen molar-refractivity contribution < 1.29 is 18.8 Å². The molecule has 8 heteroatoms. The smallest absolute Gasteiger partial charge is 0.329 e. The fraction of sp³-hybridized carbons (Fsp3) is 0.261. The van der Waals surface area contributed by atoms with Crippen LogP contribution in [-0.4, -0.2) is 42.4 Å². The number of aryl methyl sites for hydroxylation is 1. The van der Waals surface area contributed by atoms with E-state index in [9.17, 15) is 18.8 Å². The molecule has 0 spiro atoms. The first-order chi connectivity index (χ1) is 14.9. The van der Waals surface area contributed by atoms with Gasteiger partial charge in [0, 0.05) is 18.8 Å². The number of para-hydroxylation sites is 1. The molecule has 2 aromatic rings. The molecule has 0 unspecified atom stereocenters. The Bertz CT molecular complexity index is 1080. The van der Waals surface area contributed by atoms with E-state index in [2.05, 4.69) is 10.6 Å². The predicted octanol–water partition coefficient (Wildman–Crippen LogP) is 3.27. The number of carbonyl (C=O) groups excluding carboxylic acids is 3. The van der Waals surface area contributed by atoms with Crippen LogP contribution in [0.3, 0.4) is 0 Å². The minimum atomic E-state index is -0.689. The van der Waals surface area contributed by atoms with E-state index in [4.69, 9.17) is 0 Å². The van der Waals surface area contributed by atoms with E-state index in [1.807, 2.05) is 24.0 Å². The highest BCUT2D eigenvalue weighted by Crippen LogP contribution is 2.25. The summed E-state index contributed by atoms with van der Waals surface area (Å²) >= 11 is 0. The summed E-state index contributed by atoms with van der Waals surface area (Å²) in [5.41, 5.74) is 2.48. The number of rotatable bonds is 5. The molecule has 0 bridgehead atoms. The lowest BCUT2D eigenvalue weighted by molar-refractivity contribution is -0.127. The van der Waals surface area contributed by atoms with E-state index in [0.29, 0.717) is 16.9 Å². The van der Waals surface area contributed by atoms with Crippen LogP contribution < -0.4 is 15.5 Å². The Kier molecular flexibility index (Phi) is 5.70. The molecule has 4 rings (SSSR count). The minimum Gasteiger partial charge on any atom is -0.369 e. The number of hydrogen-bond acceptors (Lipinski definition) is 4. The zero-order valence-corrected chi connectivity index (χ0v) is 17.2. The fourth-order valence-electron chi connectivity index (χ4n) is 3.76. The van der Waals surface area contributed by atoms with Gasteiger partial charge in [-0.25, -0.2) is 14.1 Å². The third kappa shape index (κ3) is 4.42. The minimum absolute atomic E-state index is 0.00186. The third-order valence-electron chi connectivity index (χ3n) is 5.41. The van der Waals surface area contributed by atoms with Crippen molar-refractivity contribution in [2.75, 3.05) is 29.9 Å². The highest BCUT2D eigenvalue weighted by Gasteiger charge is 2.35. The van der Waals surface area contributed by atoms with Gasteiger partial charge in [0.15, 0.2) is 0 Å². The first-order valence-corrected chi connectivity index (χ1v) is 10.2. The number of amides is 4. The summed E-state index contributed by atoms with van der Waals surface area (Å²) in [6.07, 6.45) is 3.49. The number of hydrogen-bond donors (Lipinski definition) is 2. The molecule has 0 saturated carbocycles. The second-order valence-electron chi connectivity index (χ2n) is 7.65. The number of imide groups is 1. The fourth-order valence-corrected chi connectivity index (χ4v) is 3.76. The molecule has 0 atom stereocenters. The quantitative estimate of drug-likeness (QED) is 0.573. The molecule has 2 fully saturated rings. The average Bonchev–Trinajstić information content (AvgIpc) is 3.35. The van der Waals surface area contributed by atoms with Crippen LogP contribution in [0.4, 0.5) is 20.6 Å². The predicted molar refractivity (Wildman–Crippen MR) is 116 cm³/mol. The van der Waals surface area contributed by atoms with Crippen LogP contribution in [0.15, 0.2) is 48.2 Å². The van der Waals surface area contributed by atoms with Gasteiger partial charge in [0.05, 0.1) is 5.69 Å². The van der Waals surface area contributed by atoms with Gasteiger partial charge in [-0.05, 0) is 55.2 Å². The molecular formula is C23H23FN4O3. The Morgan fingerprint density at radius 3 is 2.61 bits per heavy atom. The number of anilines is 2. The van der Waals surface area contributed by atoms with Gasteiger partial charge in [0.1, 0.15) is 18.1 Å². The number of halogens is 1. The van der Waals surface area contributed by atoms with Crippen LogP contribution in [0.5, 0.6) is 0 Å². The number of carbonyl (C=O) groups is 3. The maximum atomic E-state index is 14.5. The molecule has 7 nitrogen and oxygen atoms in total. The lowest BCUT2D eigenvalue weighted by Gasteiger charge is -2.18. The van der Waals surface area contributed by atoms with Crippen molar-refractivity contribution in [1.82, 2.24) is 10.2 Å². The molecule has 0 radical (unpaired) electrons. The summed E-state index contributed by atoms with van der Waals surface area (Å²) in [6, 6.07) is 11.3. The van der Waals surface area contributed by atoms with Crippen LogP contribution in [0, 0.1) is 12.7 Å². The second-order valence-corrected chi connectivity index (χ2v) is 7.65. The van der Waals surface area contributed by atoms with Crippen molar-refractivity contribution >= 4 is 35.3 Å². The van der Waals surface area contributed by atoms with Crippen molar-refractivity contribution in [2.24, 2.45) is 0 Å². The summed E-state index contributed by atoms with van der Waals surface area (Å²) in [5.74, 6) is -1.49. The van der Waals surface area contributed by atoms with E-state index in [-0.39, 0.29) is 11.5 Å². The van der Waals surface area contributed by atoms with Gasteiger partial charge in [0.2, 0.25) is 5.91 Å². The van der Waals surface area contributed by atoms with Gasteiger partial charge in [-0.1, -0.05) is 24.3 Å². The van der Waals surface area contributed by atoms with Crippen LogP contribution in [0.2, 0.25) is 0 Å². The van der Waals surface area contributed by atoms with Gasteiger partial charge in [-0.2, -0.15) is 0 Å². The monoisotopic (exact) mass is 422 g/mol. The molecule has 2 aliphatic heterocycles. The van der Waals surface area contributed by atoms with Crippen LogP contribution in [0.1, 0.15) is 24.0 Å². The molecule has 2 heterocycles. The lowest BCUT2D eigenvalue weighted by Crippen LogP contribution is -2.38. The third-order valence-corrected chi connectivity index (χ3v) is 5.41. The Morgan fingerprint density at radius 2 is 1.90 bits per heavy atom. The first-order valence-electron chi connectivity index (χ1n) is 10.2. The second kappa shape index (κ2) is 8.59. The van der Waals surface area contributed by atoms with Gasteiger partial charge < -0.3 is 15.5 Å². The number of urea groups is 1. The maximum absolute atomic E-state index is 14.5. The number of nitrogens with one attached hydrogen (secondary N) is 2. The Morgan fingerprint density at radius 1 is 1.16 bits per heavy atom. The topological polar surface area (TPSA) is 81.8 Å². The maximum Gasteiger partial charge on any atom is 0.329 e. The van der Waals surface area contributed by atoms with Gasteiger partial charge >= 0.3 is 6.03 Å². The van der Waals surface area contributed by atoms with Crippen molar-refractivity contribution in [3.8, 4) is 0 Å². The van der Waals surface area contributed by atoms with Gasteiger partial charge in [-0.15, -0.1) is 0 Å². The SMILES string of the molecule is Cc1ccccc1NC(=O)CN1C(=O)N/C(=C/c2ccc(N3CCCC3)c(F)c2)C1=O. The molecule has 2 aliphatic rings. The number of nitrogens with zero attached hydrogens (tertiary/aromatic N) is 2.